The molecule has 0 radical (unpaired) electrons. The van der Waals surface area contributed by atoms with Crippen molar-refractivity contribution < 1.29 is 28.7 Å². The molecule has 4 aliphatic carbocycles. The standard InChI is InChI=1S/C34H26Cl2N2O6/c1-17-2-4-19(5-3-17)34(43)44-21-9-6-18(7-10-21)28(39)16-37(31(40)20-8-13-26(35)27(36)14-20)38-32(41)29-22-11-12-23(25-15-24(22)25)30(29)33(38)42/h2-14,22-25,29-30H,15-16H2,1H3/t22-,23-,24-,25-,29+,30+/m0/s1. The van der Waals surface area contributed by atoms with Crippen molar-refractivity contribution in [3.05, 3.63) is 111 Å². The zero-order valence-corrected chi connectivity index (χ0v) is 25.0. The quantitative estimate of drug-likeness (QED) is 0.108. The third-order valence-corrected chi connectivity index (χ3v) is 9.99. The van der Waals surface area contributed by atoms with Gasteiger partial charge in [-0.1, -0.05) is 53.1 Å². The molecule has 3 aromatic rings. The molecule has 0 aromatic heterocycles. The van der Waals surface area contributed by atoms with Crippen molar-refractivity contribution in [2.75, 3.05) is 6.54 Å². The number of carbonyl (C=O) groups is 5. The van der Waals surface area contributed by atoms with E-state index in [9.17, 15) is 24.0 Å². The van der Waals surface area contributed by atoms with Gasteiger partial charge in [0, 0.05) is 11.1 Å². The largest absolute Gasteiger partial charge is 0.423 e. The number of hydrogen-bond donors (Lipinski definition) is 0. The van der Waals surface area contributed by atoms with Gasteiger partial charge < -0.3 is 4.74 Å². The predicted octanol–water partition coefficient (Wildman–Crippen LogP) is 5.81. The van der Waals surface area contributed by atoms with Crippen molar-refractivity contribution in [3.8, 4) is 5.75 Å². The molecule has 0 spiro atoms. The minimum Gasteiger partial charge on any atom is -0.423 e. The zero-order valence-electron chi connectivity index (χ0n) is 23.5. The lowest BCUT2D eigenvalue weighted by atomic mass is 9.63. The second-order valence-electron chi connectivity index (χ2n) is 11.8. The summed E-state index contributed by atoms with van der Waals surface area (Å²) in [6, 6.07) is 17.0. The van der Waals surface area contributed by atoms with Gasteiger partial charge in [0.15, 0.2) is 5.78 Å². The molecule has 8 rings (SSSR count). The molecule has 2 bridgehead atoms. The van der Waals surface area contributed by atoms with Crippen molar-refractivity contribution >= 4 is 52.7 Å². The Morgan fingerprint density at radius 2 is 1.36 bits per heavy atom. The number of carbonyl (C=O) groups excluding carboxylic acids is 5. The van der Waals surface area contributed by atoms with Crippen LogP contribution in [-0.2, 0) is 9.59 Å². The van der Waals surface area contributed by atoms with Crippen LogP contribution in [0.2, 0.25) is 10.0 Å². The summed E-state index contributed by atoms with van der Waals surface area (Å²) in [6.07, 6.45) is 5.08. The maximum Gasteiger partial charge on any atom is 0.343 e. The number of allylic oxidation sites excluding steroid dienone is 2. The lowest BCUT2D eigenvalue weighted by Crippen LogP contribution is -2.52. The molecule has 1 aliphatic heterocycles. The summed E-state index contributed by atoms with van der Waals surface area (Å²) in [5.74, 6) is -2.96. The van der Waals surface area contributed by atoms with E-state index in [1.54, 1.807) is 24.3 Å². The minimum absolute atomic E-state index is 0.0516. The number of halogens is 2. The van der Waals surface area contributed by atoms with Crippen LogP contribution in [-0.4, -0.2) is 46.0 Å². The summed E-state index contributed by atoms with van der Waals surface area (Å²) < 4.78 is 5.43. The molecule has 44 heavy (non-hydrogen) atoms. The van der Waals surface area contributed by atoms with E-state index in [0.29, 0.717) is 17.4 Å². The number of nitrogens with zero attached hydrogens (tertiary/aromatic N) is 2. The van der Waals surface area contributed by atoms with Gasteiger partial charge in [-0.05, 0) is 91.6 Å². The van der Waals surface area contributed by atoms with Gasteiger partial charge in [-0.3, -0.25) is 19.2 Å². The number of amides is 3. The van der Waals surface area contributed by atoms with Crippen LogP contribution in [0.25, 0.3) is 0 Å². The first kappa shape index (κ1) is 28.5. The van der Waals surface area contributed by atoms with E-state index >= 15 is 0 Å². The van der Waals surface area contributed by atoms with Gasteiger partial charge in [-0.15, -0.1) is 0 Å². The highest BCUT2D eigenvalue weighted by Gasteiger charge is 2.68. The Morgan fingerprint density at radius 1 is 0.795 bits per heavy atom. The first-order valence-corrected chi connectivity index (χ1v) is 15.1. The molecule has 1 saturated heterocycles. The second-order valence-corrected chi connectivity index (χ2v) is 12.7. The van der Waals surface area contributed by atoms with Crippen LogP contribution >= 0.6 is 23.2 Å². The first-order valence-electron chi connectivity index (χ1n) is 14.4. The number of ether oxygens (including phenoxy) is 1. The Morgan fingerprint density at radius 3 is 1.95 bits per heavy atom. The number of hydrazine groups is 1. The summed E-state index contributed by atoms with van der Waals surface area (Å²) in [7, 11) is 0. The van der Waals surface area contributed by atoms with Crippen LogP contribution in [0.15, 0.2) is 78.9 Å². The molecule has 5 aliphatic rings. The molecule has 10 heteroatoms. The Labute approximate surface area is 263 Å². The van der Waals surface area contributed by atoms with Gasteiger partial charge in [-0.25, -0.2) is 9.80 Å². The predicted molar refractivity (Wildman–Crippen MR) is 161 cm³/mol. The van der Waals surface area contributed by atoms with Crippen LogP contribution in [0.4, 0.5) is 0 Å². The fourth-order valence-electron chi connectivity index (χ4n) is 6.98. The maximum absolute atomic E-state index is 13.9. The first-order chi connectivity index (χ1) is 21.1. The highest BCUT2D eigenvalue weighted by molar-refractivity contribution is 6.42. The number of hydrogen-bond acceptors (Lipinski definition) is 6. The molecule has 3 aromatic carbocycles. The molecule has 6 atom stereocenters. The smallest absolute Gasteiger partial charge is 0.343 e. The van der Waals surface area contributed by atoms with Gasteiger partial charge >= 0.3 is 5.97 Å². The number of Topliss-reactive ketones (excluding diaryl/α,β-unsaturated/α-hetero) is 1. The molecule has 0 N–H and O–H groups in total. The number of benzene rings is 3. The van der Waals surface area contributed by atoms with Crippen molar-refractivity contribution in [1.82, 2.24) is 10.0 Å². The van der Waals surface area contributed by atoms with Crippen LogP contribution < -0.4 is 4.74 Å². The van der Waals surface area contributed by atoms with Gasteiger partial charge in [-0.2, -0.15) is 5.01 Å². The second kappa shape index (κ2) is 10.7. The fraction of sp³-hybridized carbons (Fsp3) is 0.265. The molecule has 222 valence electrons. The minimum atomic E-state index is -0.730. The Hall–Kier alpha value is -4.27. The average molecular weight is 629 g/mol. The summed E-state index contributed by atoms with van der Waals surface area (Å²) >= 11 is 12.2. The van der Waals surface area contributed by atoms with Crippen molar-refractivity contribution in [3.63, 3.8) is 0 Å². The Kier molecular flexibility index (Phi) is 6.94. The molecular formula is C34H26Cl2N2O6. The van der Waals surface area contributed by atoms with Gasteiger partial charge in [0.1, 0.15) is 12.3 Å². The fourth-order valence-corrected chi connectivity index (χ4v) is 7.28. The summed E-state index contributed by atoms with van der Waals surface area (Å²) in [5, 5.41) is 2.17. The topological polar surface area (TPSA) is 101 Å². The van der Waals surface area contributed by atoms with E-state index in [1.807, 2.05) is 19.1 Å². The summed E-state index contributed by atoms with van der Waals surface area (Å²) in [6.45, 7) is 1.34. The van der Waals surface area contributed by atoms with Crippen molar-refractivity contribution in [1.29, 1.82) is 0 Å². The van der Waals surface area contributed by atoms with Crippen LogP contribution in [0, 0.1) is 42.4 Å². The van der Waals surface area contributed by atoms with Crippen LogP contribution in [0.1, 0.15) is 43.1 Å². The molecular weight excluding hydrogens is 603 g/mol. The van der Waals surface area contributed by atoms with Crippen molar-refractivity contribution in [2.45, 2.75) is 13.3 Å². The highest BCUT2D eigenvalue weighted by Crippen LogP contribution is 2.65. The Balaban J connectivity index is 1.15. The summed E-state index contributed by atoms with van der Waals surface area (Å²) in [4.78, 5) is 67.7. The normalized spacial score (nSPS) is 25.8. The van der Waals surface area contributed by atoms with Gasteiger partial charge in [0.2, 0.25) is 0 Å². The number of aryl methyl sites for hydroxylation is 1. The van der Waals surface area contributed by atoms with Crippen molar-refractivity contribution in [2.24, 2.45) is 35.5 Å². The third kappa shape index (κ3) is 4.73. The van der Waals surface area contributed by atoms with E-state index in [4.69, 9.17) is 27.9 Å². The van der Waals surface area contributed by atoms with E-state index in [2.05, 4.69) is 0 Å². The molecule has 3 fully saturated rings. The van der Waals surface area contributed by atoms with E-state index in [-0.39, 0.29) is 38.8 Å². The number of imide groups is 1. The molecule has 0 unspecified atom stereocenters. The third-order valence-electron chi connectivity index (χ3n) is 9.25. The zero-order chi connectivity index (χ0) is 30.9. The van der Waals surface area contributed by atoms with E-state index < -0.39 is 47.9 Å². The number of esters is 1. The lowest BCUT2D eigenvalue weighted by Gasteiger charge is -2.37. The Bertz CT molecular complexity index is 1730. The summed E-state index contributed by atoms with van der Waals surface area (Å²) in [5.41, 5.74) is 1.66. The van der Waals surface area contributed by atoms with Crippen LogP contribution in [0.5, 0.6) is 5.75 Å². The molecule has 3 amide bonds. The number of ketones is 1. The lowest BCUT2D eigenvalue weighted by molar-refractivity contribution is -0.154. The molecule has 8 nitrogen and oxygen atoms in total. The highest BCUT2D eigenvalue weighted by atomic mass is 35.5. The number of rotatable bonds is 7. The van der Waals surface area contributed by atoms with Crippen LogP contribution in [0.3, 0.4) is 0 Å². The van der Waals surface area contributed by atoms with Gasteiger partial charge in [0.05, 0.1) is 27.4 Å². The molecule has 1 heterocycles. The van der Waals surface area contributed by atoms with E-state index in [1.165, 1.54) is 42.5 Å². The molecule has 2 saturated carbocycles. The van der Waals surface area contributed by atoms with E-state index in [0.717, 1.165) is 22.0 Å². The monoisotopic (exact) mass is 628 g/mol. The SMILES string of the molecule is Cc1ccc(C(=O)Oc2ccc(C(=O)CN(C(=O)c3ccc(Cl)c(Cl)c3)N3C(=O)[C@@H]4[C@H]5C=C[C@@H]([C@@H]6C[C@@H]56)[C@H]4C3=O)cc2)cc1. The average Bonchev–Trinajstić information content (AvgIpc) is 3.80. The van der Waals surface area contributed by atoms with Gasteiger partial charge in [0.25, 0.3) is 17.7 Å². The maximum atomic E-state index is 13.9.